The SMILES string of the molecule is C=C(C)C(=O)N1CCC2(CO)CCCC12. The van der Waals surface area contributed by atoms with Crippen molar-refractivity contribution in [2.45, 2.75) is 38.6 Å². The Hall–Kier alpha value is -0.830. The van der Waals surface area contributed by atoms with E-state index in [1.54, 1.807) is 6.92 Å². The zero-order chi connectivity index (χ0) is 11.1. The third-order valence-electron chi connectivity index (χ3n) is 4.03. The number of rotatable bonds is 2. The summed E-state index contributed by atoms with van der Waals surface area (Å²) >= 11 is 0. The Morgan fingerprint density at radius 2 is 2.33 bits per heavy atom. The van der Waals surface area contributed by atoms with Gasteiger partial charge < -0.3 is 10.0 Å². The van der Waals surface area contributed by atoms with Gasteiger partial charge in [0.05, 0.1) is 6.61 Å². The number of aliphatic hydroxyl groups is 1. The monoisotopic (exact) mass is 209 g/mol. The minimum Gasteiger partial charge on any atom is -0.396 e. The van der Waals surface area contributed by atoms with Crippen LogP contribution in [0.2, 0.25) is 0 Å². The second kappa shape index (κ2) is 3.63. The number of fused-ring (bicyclic) bond motifs is 1. The first-order valence-electron chi connectivity index (χ1n) is 5.68. The molecule has 1 aliphatic heterocycles. The third kappa shape index (κ3) is 1.49. The molecule has 0 radical (unpaired) electrons. The van der Waals surface area contributed by atoms with E-state index in [9.17, 15) is 9.90 Å². The minimum atomic E-state index is 0.00507. The van der Waals surface area contributed by atoms with Crippen LogP contribution in [-0.2, 0) is 4.79 Å². The Morgan fingerprint density at radius 1 is 1.60 bits per heavy atom. The standard InChI is InChI=1S/C12H19NO2/c1-9(2)11(15)13-7-6-12(8-14)5-3-4-10(12)13/h10,14H,1,3-8H2,2H3. The Kier molecular flexibility index (Phi) is 2.59. The molecule has 15 heavy (non-hydrogen) atoms. The topological polar surface area (TPSA) is 40.5 Å². The number of carbonyl (C=O) groups is 1. The van der Waals surface area contributed by atoms with Crippen LogP contribution < -0.4 is 0 Å². The third-order valence-corrected chi connectivity index (χ3v) is 4.03. The van der Waals surface area contributed by atoms with Gasteiger partial charge in [-0.3, -0.25) is 4.79 Å². The van der Waals surface area contributed by atoms with Crippen molar-refractivity contribution in [3.8, 4) is 0 Å². The first kappa shape index (κ1) is 10.7. The summed E-state index contributed by atoms with van der Waals surface area (Å²) in [4.78, 5) is 13.8. The second-order valence-corrected chi connectivity index (χ2v) is 4.96. The molecule has 2 rings (SSSR count). The van der Waals surface area contributed by atoms with Crippen LogP contribution in [-0.4, -0.2) is 35.1 Å². The average Bonchev–Trinajstić information content (AvgIpc) is 2.74. The van der Waals surface area contributed by atoms with Crippen LogP contribution in [0.4, 0.5) is 0 Å². The van der Waals surface area contributed by atoms with E-state index in [-0.39, 0.29) is 24.0 Å². The first-order chi connectivity index (χ1) is 7.10. The van der Waals surface area contributed by atoms with Crippen molar-refractivity contribution < 1.29 is 9.90 Å². The molecule has 1 amide bonds. The molecule has 3 nitrogen and oxygen atoms in total. The molecule has 0 bridgehead atoms. The quantitative estimate of drug-likeness (QED) is 0.697. The highest BCUT2D eigenvalue weighted by Gasteiger charge is 2.51. The molecule has 2 atom stereocenters. The molecule has 1 saturated carbocycles. The Labute approximate surface area is 90.8 Å². The van der Waals surface area contributed by atoms with Gasteiger partial charge in [-0.05, 0) is 26.2 Å². The Morgan fingerprint density at radius 3 is 2.93 bits per heavy atom. The van der Waals surface area contributed by atoms with Crippen molar-refractivity contribution in [1.29, 1.82) is 0 Å². The highest BCUT2D eigenvalue weighted by atomic mass is 16.3. The van der Waals surface area contributed by atoms with E-state index < -0.39 is 0 Å². The zero-order valence-corrected chi connectivity index (χ0v) is 9.33. The lowest BCUT2D eigenvalue weighted by Crippen LogP contribution is -2.41. The van der Waals surface area contributed by atoms with E-state index in [4.69, 9.17) is 0 Å². The van der Waals surface area contributed by atoms with E-state index in [1.165, 1.54) is 0 Å². The van der Waals surface area contributed by atoms with Gasteiger partial charge in [-0.1, -0.05) is 13.0 Å². The maximum Gasteiger partial charge on any atom is 0.249 e. The van der Waals surface area contributed by atoms with Crippen molar-refractivity contribution >= 4 is 5.91 Å². The lowest BCUT2D eigenvalue weighted by Gasteiger charge is -2.30. The van der Waals surface area contributed by atoms with Gasteiger partial charge in [0.25, 0.3) is 0 Å². The summed E-state index contributed by atoms with van der Waals surface area (Å²) in [5, 5.41) is 9.50. The molecule has 2 aliphatic rings. The number of nitrogens with zero attached hydrogens (tertiary/aromatic N) is 1. The summed E-state index contributed by atoms with van der Waals surface area (Å²) in [7, 11) is 0. The fourth-order valence-corrected chi connectivity index (χ4v) is 3.15. The highest BCUT2D eigenvalue weighted by Crippen LogP contribution is 2.48. The van der Waals surface area contributed by atoms with Gasteiger partial charge in [0, 0.05) is 23.6 Å². The summed E-state index contributed by atoms with van der Waals surface area (Å²) in [6.45, 7) is 6.48. The van der Waals surface area contributed by atoms with Gasteiger partial charge in [-0.25, -0.2) is 0 Å². The minimum absolute atomic E-state index is 0.00507. The molecule has 3 heteroatoms. The summed E-state index contributed by atoms with van der Waals surface area (Å²) in [5.41, 5.74) is 0.612. The van der Waals surface area contributed by atoms with Gasteiger partial charge in [0.15, 0.2) is 0 Å². The van der Waals surface area contributed by atoms with E-state index in [2.05, 4.69) is 6.58 Å². The predicted molar refractivity (Wildman–Crippen MR) is 58.3 cm³/mol. The smallest absolute Gasteiger partial charge is 0.249 e. The molecule has 1 saturated heterocycles. The van der Waals surface area contributed by atoms with Gasteiger partial charge >= 0.3 is 0 Å². The van der Waals surface area contributed by atoms with Crippen LogP contribution in [0.1, 0.15) is 32.6 Å². The summed E-state index contributed by atoms with van der Waals surface area (Å²) < 4.78 is 0. The second-order valence-electron chi connectivity index (χ2n) is 4.96. The maximum atomic E-state index is 11.9. The van der Waals surface area contributed by atoms with Gasteiger partial charge in [0.2, 0.25) is 5.91 Å². The maximum absolute atomic E-state index is 11.9. The molecule has 2 unspecified atom stereocenters. The Bertz CT molecular complexity index is 300. The summed E-state index contributed by atoms with van der Waals surface area (Å²) in [6, 6.07) is 0.256. The molecular weight excluding hydrogens is 190 g/mol. The number of likely N-dealkylation sites (tertiary alicyclic amines) is 1. The fraction of sp³-hybridized carbons (Fsp3) is 0.750. The number of hydrogen-bond acceptors (Lipinski definition) is 2. The largest absolute Gasteiger partial charge is 0.396 e. The zero-order valence-electron chi connectivity index (χ0n) is 9.33. The van der Waals surface area contributed by atoms with Crippen LogP contribution >= 0.6 is 0 Å². The van der Waals surface area contributed by atoms with Gasteiger partial charge in [-0.2, -0.15) is 0 Å². The molecule has 0 aromatic carbocycles. The predicted octanol–water partition coefficient (Wildman–Crippen LogP) is 1.33. The van der Waals surface area contributed by atoms with Gasteiger partial charge in [0.1, 0.15) is 0 Å². The van der Waals surface area contributed by atoms with Crippen molar-refractivity contribution in [3.05, 3.63) is 12.2 Å². The number of carbonyl (C=O) groups excluding carboxylic acids is 1. The van der Waals surface area contributed by atoms with E-state index in [0.717, 1.165) is 32.2 Å². The molecule has 0 aromatic rings. The van der Waals surface area contributed by atoms with Crippen molar-refractivity contribution in [2.75, 3.05) is 13.2 Å². The van der Waals surface area contributed by atoms with Gasteiger partial charge in [-0.15, -0.1) is 0 Å². The lowest BCUT2D eigenvalue weighted by molar-refractivity contribution is -0.128. The molecule has 0 aromatic heterocycles. The number of amides is 1. The Balaban J connectivity index is 2.18. The van der Waals surface area contributed by atoms with Crippen molar-refractivity contribution in [2.24, 2.45) is 5.41 Å². The van der Waals surface area contributed by atoms with Crippen LogP contribution in [0, 0.1) is 5.41 Å². The molecule has 1 N–H and O–H groups in total. The number of hydrogen-bond donors (Lipinski definition) is 1. The van der Waals surface area contributed by atoms with Crippen LogP contribution in [0.3, 0.4) is 0 Å². The highest BCUT2D eigenvalue weighted by molar-refractivity contribution is 5.92. The molecule has 1 heterocycles. The molecule has 0 spiro atoms. The number of aliphatic hydroxyl groups excluding tert-OH is 1. The molecular formula is C12H19NO2. The van der Waals surface area contributed by atoms with Crippen LogP contribution in [0.5, 0.6) is 0 Å². The fourth-order valence-electron chi connectivity index (χ4n) is 3.15. The molecule has 1 aliphatic carbocycles. The normalized spacial score (nSPS) is 34.3. The summed E-state index contributed by atoms with van der Waals surface area (Å²) in [5.74, 6) is 0.0669. The van der Waals surface area contributed by atoms with Crippen molar-refractivity contribution in [3.63, 3.8) is 0 Å². The summed E-state index contributed by atoms with van der Waals surface area (Å²) in [6.07, 6.45) is 4.19. The first-order valence-corrected chi connectivity index (χ1v) is 5.68. The van der Waals surface area contributed by atoms with Crippen LogP contribution in [0.15, 0.2) is 12.2 Å². The lowest BCUT2D eigenvalue weighted by atomic mass is 9.83. The molecule has 2 fully saturated rings. The van der Waals surface area contributed by atoms with Crippen LogP contribution in [0.25, 0.3) is 0 Å². The van der Waals surface area contributed by atoms with E-state index in [1.807, 2.05) is 4.90 Å². The van der Waals surface area contributed by atoms with E-state index >= 15 is 0 Å². The van der Waals surface area contributed by atoms with E-state index in [0.29, 0.717) is 5.57 Å². The molecule has 84 valence electrons. The van der Waals surface area contributed by atoms with Crippen molar-refractivity contribution in [1.82, 2.24) is 4.90 Å². The average molecular weight is 209 g/mol.